The highest BCUT2D eigenvalue weighted by molar-refractivity contribution is 5.79. The van der Waals surface area contributed by atoms with Gasteiger partial charge in [-0.2, -0.15) is 0 Å². The van der Waals surface area contributed by atoms with Crippen LogP contribution in [-0.4, -0.2) is 53.0 Å². The maximum Gasteiger partial charge on any atom is 0.191 e. The Morgan fingerprint density at radius 3 is 2.44 bits per heavy atom. The van der Waals surface area contributed by atoms with E-state index in [9.17, 15) is 0 Å². The molecule has 32 heavy (non-hydrogen) atoms. The van der Waals surface area contributed by atoms with Crippen molar-refractivity contribution in [3.63, 3.8) is 0 Å². The normalized spacial score (nSPS) is 15.8. The standard InChI is InChI=1S/C26H37N3O3/c1-5-27-25(28-15-12-21-7-6-20(2)24(18-21)31-4)29-19-26(13-16-32-17-14-26)22-8-10-23(30-3)11-9-22/h6-11,18H,5,12-17,19H2,1-4H3,(H2,27,28,29). The van der Waals surface area contributed by atoms with Crippen molar-refractivity contribution >= 4 is 5.96 Å². The van der Waals surface area contributed by atoms with Crippen molar-refractivity contribution in [2.75, 3.05) is 47.1 Å². The number of hydrogen-bond acceptors (Lipinski definition) is 4. The van der Waals surface area contributed by atoms with Gasteiger partial charge in [0.1, 0.15) is 11.5 Å². The summed E-state index contributed by atoms with van der Waals surface area (Å²) in [7, 11) is 3.42. The average molecular weight is 440 g/mol. The SMILES string of the molecule is CCNC(=NCC1(c2ccc(OC)cc2)CCOCC1)NCCc1ccc(C)c(OC)c1. The number of benzene rings is 2. The molecular formula is C26H37N3O3. The number of aliphatic imine (C=N–C) groups is 1. The Balaban J connectivity index is 1.68. The molecule has 1 saturated heterocycles. The van der Waals surface area contributed by atoms with Gasteiger partial charge in [-0.15, -0.1) is 0 Å². The van der Waals surface area contributed by atoms with Crippen LogP contribution in [0, 0.1) is 6.92 Å². The summed E-state index contributed by atoms with van der Waals surface area (Å²) in [6.07, 6.45) is 2.83. The van der Waals surface area contributed by atoms with E-state index < -0.39 is 0 Å². The fourth-order valence-corrected chi connectivity index (χ4v) is 4.16. The van der Waals surface area contributed by atoms with Gasteiger partial charge in [0.15, 0.2) is 5.96 Å². The number of nitrogens with zero attached hydrogens (tertiary/aromatic N) is 1. The molecule has 0 unspecified atom stereocenters. The molecule has 1 heterocycles. The van der Waals surface area contributed by atoms with Gasteiger partial charge in [-0.25, -0.2) is 0 Å². The van der Waals surface area contributed by atoms with E-state index in [1.54, 1.807) is 14.2 Å². The van der Waals surface area contributed by atoms with Gasteiger partial charge in [-0.05, 0) is 68.0 Å². The van der Waals surface area contributed by atoms with Crippen molar-refractivity contribution in [3.8, 4) is 11.5 Å². The van der Waals surface area contributed by atoms with E-state index in [0.29, 0.717) is 0 Å². The summed E-state index contributed by atoms with van der Waals surface area (Å²) >= 11 is 0. The summed E-state index contributed by atoms with van der Waals surface area (Å²) in [5.41, 5.74) is 3.68. The van der Waals surface area contributed by atoms with Crippen molar-refractivity contribution in [3.05, 3.63) is 59.2 Å². The van der Waals surface area contributed by atoms with Crippen LogP contribution in [0.1, 0.15) is 36.5 Å². The number of guanidine groups is 1. The topological polar surface area (TPSA) is 64.1 Å². The van der Waals surface area contributed by atoms with Crippen LogP contribution in [-0.2, 0) is 16.6 Å². The molecule has 6 nitrogen and oxygen atoms in total. The van der Waals surface area contributed by atoms with Crippen LogP contribution in [0.3, 0.4) is 0 Å². The second-order valence-electron chi connectivity index (χ2n) is 8.30. The lowest BCUT2D eigenvalue weighted by atomic mass is 9.74. The number of aryl methyl sites for hydroxylation is 1. The van der Waals surface area contributed by atoms with E-state index in [1.807, 2.05) is 12.1 Å². The Hall–Kier alpha value is -2.73. The summed E-state index contributed by atoms with van der Waals surface area (Å²) < 4.78 is 16.5. The van der Waals surface area contributed by atoms with E-state index in [1.165, 1.54) is 11.1 Å². The second kappa shape index (κ2) is 11.8. The molecule has 2 aromatic carbocycles. The van der Waals surface area contributed by atoms with Crippen molar-refractivity contribution < 1.29 is 14.2 Å². The Kier molecular flexibility index (Phi) is 8.80. The lowest BCUT2D eigenvalue weighted by Crippen LogP contribution is -2.41. The van der Waals surface area contributed by atoms with Crippen LogP contribution >= 0.6 is 0 Å². The molecule has 0 amide bonds. The molecule has 0 spiro atoms. The Labute approximate surface area is 192 Å². The molecule has 1 aliphatic heterocycles. The smallest absolute Gasteiger partial charge is 0.191 e. The lowest BCUT2D eigenvalue weighted by molar-refractivity contribution is 0.0531. The third-order valence-electron chi connectivity index (χ3n) is 6.21. The summed E-state index contributed by atoms with van der Waals surface area (Å²) in [5.74, 6) is 2.66. The molecular weight excluding hydrogens is 402 g/mol. The van der Waals surface area contributed by atoms with E-state index in [0.717, 1.165) is 75.1 Å². The number of methoxy groups -OCH3 is 2. The highest BCUT2D eigenvalue weighted by Gasteiger charge is 2.34. The third-order valence-corrected chi connectivity index (χ3v) is 6.21. The highest BCUT2D eigenvalue weighted by Crippen LogP contribution is 2.36. The molecule has 2 aromatic rings. The first kappa shape index (κ1) is 23.9. The predicted octanol–water partition coefficient (Wildman–Crippen LogP) is 3.86. The monoisotopic (exact) mass is 439 g/mol. The van der Waals surface area contributed by atoms with Gasteiger partial charge >= 0.3 is 0 Å². The van der Waals surface area contributed by atoms with Gasteiger partial charge in [0, 0.05) is 31.7 Å². The number of hydrogen-bond donors (Lipinski definition) is 2. The zero-order valence-electron chi connectivity index (χ0n) is 19.9. The zero-order chi connectivity index (χ0) is 22.8. The molecule has 1 fully saturated rings. The van der Waals surface area contributed by atoms with Gasteiger partial charge in [-0.3, -0.25) is 4.99 Å². The molecule has 174 valence electrons. The van der Waals surface area contributed by atoms with Crippen LogP contribution in [0.2, 0.25) is 0 Å². The van der Waals surface area contributed by atoms with Crippen molar-refractivity contribution in [1.82, 2.24) is 10.6 Å². The quantitative estimate of drug-likeness (QED) is 0.459. The van der Waals surface area contributed by atoms with Crippen LogP contribution in [0.25, 0.3) is 0 Å². The van der Waals surface area contributed by atoms with Crippen LogP contribution in [0.5, 0.6) is 11.5 Å². The Morgan fingerprint density at radius 1 is 1.03 bits per heavy atom. The summed E-state index contributed by atoms with van der Waals surface area (Å²) in [5, 5.41) is 6.88. The second-order valence-corrected chi connectivity index (χ2v) is 8.30. The van der Waals surface area contributed by atoms with E-state index in [-0.39, 0.29) is 5.41 Å². The predicted molar refractivity (Wildman–Crippen MR) is 130 cm³/mol. The van der Waals surface area contributed by atoms with Crippen molar-refractivity contribution in [2.24, 2.45) is 4.99 Å². The fraction of sp³-hybridized carbons (Fsp3) is 0.500. The number of rotatable bonds is 9. The largest absolute Gasteiger partial charge is 0.497 e. The molecule has 0 aliphatic carbocycles. The Morgan fingerprint density at radius 2 is 1.78 bits per heavy atom. The molecule has 0 aromatic heterocycles. The molecule has 0 atom stereocenters. The molecule has 2 N–H and O–H groups in total. The van der Waals surface area contributed by atoms with Crippen LogP contribution in [0.4, 0.5) is 0 Å². The minimum absolute atomic E-state index is 0.0167. The molecule has 0 saturated carbocycles. The number of ether oxygens (including phenoxy) is 3. The summed E-state index contributed by atoms with van der Waals surface area (Å²) in [6, 6.07) is 14.8. The Bertz CT molecular complexity index is 874. The van der Waals surface area contributed by atoms with Gasteiger partial charge in [0.05, 0.1) is 20.8 Å². The summed E-state index contributed by atoms with van der Waals surface area (Å²) in [4.78, 5) is 4.99. The van der Waals surface area contributed by atoms with Crippen LogP contribution < -0.4 is 20.1 Å². The maximum atomic E-state index is 5.67. The van der Waals surface area contributed by atoms with Crippen molar-refractivity contribution in [1.29, 1.82) is 0 Å². The molecule has 1 aliphatic rings. The minimum atomic E-state index is -0.0167. The van der Waals surface area contributed by atoms with E-state index >= 15 is 0 Å². The first-order chi connectivity index (χ1) is 15.6. The maximum absolute atomic E-state index is 5.67. The zero-order valence-corrected chi connectivity index (χ0v) is 19.9. The molecule has 6 heteroatoms. The highest BCUT2D eigenvalue weighted by atomic mass is 16.5. The van der Waals surface area contributed by atoms with E-state index in [2.05, 4.69) is 54.8 Å². The minimum Gasteiger partial charge on any atom is -0.497 e. The molecule has 0 radical (unpaired) electrons. The summed E-state index contributed by atoms with van der Waals surface area (Å²) in [6.45, 7) is 8.03. The molecule has 0 bridgehead atoms. The first-order valence-corrected chi connectivity index (χ1v) is 11.5. The number of nitrogens with one attached hydrogen (secondary N) is 2. The average Bonchev–Trinajstić information content (AvgIpc) is 2.84. The van der Waals surface area contributed by atoms with Gasteiger partial charge in [0.2, 0.25) is 0 Å². The molecule has 3 rings (SSSR count). The fourth-order valence-electron chi connectivity index (χ4n) is 4.16. The van der Waals surface area contributed by atoms with Crippen molar-refractivity contribution in [2.45, 2.75) is 38.5 Å². The first-order valence-electron chi connectivity index (χ1n) is 11.5. The van der Waals surface area contributed by atoms with Crippen LogP contribution in [0.15, 0.2) is 47.5 Å². The van der Waals surface area contributed by atoms with E-state index in [4.69, 9.17) is 19.2 Å². The lowest BCUT2D eigenvalue weighted by Gasteiger charge is -2.36. The van der Waals surface area contributed by atoms with Gasteiger partial charge < -0.3 is 24.8 Å². The van der Waals surface area contributed by atoms with Gasteiger partial charge in [0.25, 0.3) is 0 Å². The van der Waals surface area contributed by atoms with Gasteiger partial charge in [-0.1, -0.05) is 24.3 Å². The third kappa shape index (κ3) is 6.16.